The Labute approximate surface area is 220 Å². The van der Waals surface area contributed by atoms with Gasteiger partial charge in [0.1, 0.15) is 11.6 Å². The van der Waals surface area contributed by atoms with Gasteiger partial charge in [-0.3, -0.25) is 14.3 Å². The summed E-state index contributed by atoms with van der Waals surface area (Å²) in [7, 11) is 1.94. The SMILES string of the molecule is CN(CC(N)=O)C1CCC(CNc2nc(N3CCOCC3)cc(-n3c(C(F)F)nc4ccccc43)n2)CC1. The summed E-state index contributed by atoms with van der Waals surface area (Å²) in [6, 6.07) is 9.16. The molecule has 38 heavy (non-hydrogen) atoms. The van der Waals surface area contributed by atoms with Crippen molar-refractivity contribution in [3.63, 3.8) is 0 Å². The van der Waals surface area contributed by atoms with Crippen LogP contribution in [0.1, 0.15) is 37.9 Å². The van der Waals surface area contributed by atoms with E-state index in [9.17, 15) is 13.6 Å². The first-order valence-electron chi connectivity index (χ1n) is 13.1. The number of nitrogens with zero attached hydrogens (tertiary/aromatic N) is 6. The Kier molecular flexibility index (Phi) is 7.98. The summed E-state index contributed by atoms with van der Waals surface area (Å²) >= 11 is 0. The molecule has 0 unspecified atom stereocenters. The van der Waals surface area contributed by atoms with Crippen LogP contribution >= 0.6 is 0 Å². The van der Waals surface area contributed by atoms with Crippen LogP contribution < -0.4 is 16.0 Å². The van der Waals surface area contributed by atoms with Crippen molar-refractivity contribution < 1.29 is 18.3 Å². The third kappa shape index (κ3) is 5.86. The fraction of sp³-hybridized carbons (Fsp3) is 0.538. The topological polar surface area (TPSA) is 114 Å². The standard InChI is InChI=1S/C26H34F2N8O2/c1-34(16-21(29)37)18-8-6-17(7-9-18)15-30-26-32-22(35-10-12-38-13-11-35)14-23(33-26)36-20-5-3-2-4-19(20)31-25(36)24(27)28/h2-5,14,17-18,24H,6-13,15-16H2,1H3,(H2,29,37)(H,30,32,33). The van der Waals surface area contributed by atoms with Crippen molar-refractivity contribution in [2.75, 3.05) is 56.7 Å². The van der Waals surface area contributed by atoms with Crippen LogP contribution in [-0.4, -0.2) is 82.8 Å². The minimum atomic E-state index is -2.76. The number of hydrogen-bond acceptors (Lipinski definition) is 8. The molecular weight excluding hydrogens is 494 g/mol. The van der Waals surface area contributed by atoms with Crippen molar-refractivity contribution in [1.29, 1.82) is 0 Å². The van der Waals surface area contributed by atoms with Crippen LogP contribution in [0.25, 0.3) is 16.9 Å². The molecule has 1 saturated heterocycles. The molecule has 3 aromatic rings. The van der Waals surface area contributed by atoms with Crippen LogP contribution in [0.15, 0.2) is 30.3 Å². The number of para-hydroxylation sites is 2. The average molecular weight is 529 g/mol. The minimum absolute atomic E-state index is 0.266. The fourth-order valence-corrected chi connectivity index (χ4v) is 5.40. The summed E-state index contributed by atoms with van der Waals surface area (Å²) in [4.78, 5) is 29.0. The van der Waals surface area contributed by atoms with E-state index in [4.69, 9.17) is 15.5 Å². The number of imidazole rings is 1. The van der Waals surface area contributed by atoms with E-state index >= 15 is 0 Å². The van der Waals surface area contributed by atoms with Crippen molar-refractivity contribution in [3.05, 3.63) is 36.2 Å². The van der Waals surface area contributed by atoms with E-state index in [1.54, 1.807) is 30.3 Å². The second-order valence-corrected chi connectivity index (χ2v) is 10.0. The maximum atomic E-state index is 14.1. The Balaban J connectivity index is 1.38. The number of primary amides is 1. The summed E-state index contributed by atoms with van der Waals surface area (Å²) < 4.78 is 35.0. The van der Waals surface area contributed by atoms with Gasteiger partial charge in [-0.15, -0.1) is 0 Å². The molecule has 204 valence electrons. The molecule has 2 aromatic heterocycles. The van der Waals surface area contributed by atoms with Gasteiger partial charge < -0.3 is 20.7 Å². The van der Waals surface area contributed by atoms with Gasteiger partial charge in [-0.05, 0) is 50.8 Å². The third-order valence-electron chi connectivity index (χ3n) is 7.44. The largest absolute Gasteiger partial charge is 0.378 e. The molecule has 0 radical (unpaired) electrons. The smallest absolute Gasteiger partial charge is 0.296 e. The Bertz CT molecular complexity index is 1260. The van der Waals surface area contributed by atoms with Crippen LogP contribution in [0.5, 0.6) is 0 Å². The van der Waals surface area contributed by atoms with Gasteiger partial charge in [0.15, 0.2) is 5.82 Å². The number of rotatable bonds is 9. The number of fused-ring (bicyclic) bond motifs is 1. The number of carbonyl (C=O) groups excluding carboxylic acids is 1. The maximum absolute atomic E-state index is 14.1. The predicted octanol–water partition coefficient (Wildman–Crippen LogP) is 2.98. The number of hydrogen-bond donors (Lipinski definition) is 2. The number of halogens is 2. The lowest BCUT2D eigenvalue weighted by Crippen LogP contribution is -2.41. The summed E-state index contributed by atoms with van der Waals surface area (Å²) in [5.41, 5.74) is 6.40. The molecular formula is C26H34F2N8O2. The zero-order valence-electron chi connectivity index (χ0n) is 21.5. The lowest BCUT2D eigenvalue weighted by molar-refractivity contribution is -0.119. The van der Waals surface area contributed by atoms with E-state index in [0.29, 0.717) is 73.4 Å². The van der Waals surface area contributed by atoms with Crippen LogP contribution in [0.2, 0.25) is 0 Å². The Morgan fingerprint density at radius 3 is 2.55 bits per heavy atom. The number of ether oxygens (including phenoxy) is 1. The first-order valence-corrected chi connectivity index (χ1v) is 13.1. The first-order chi connectivity index (χ1) is 18.4. The second-order valence-electron chi connectivity index (χ2n) is 10.0. The summed E-state index contributed by atoms with van der Waals surface area (Å²) in [5, 5.41) is 3.38. The van der Waals surface area contributed by atoms with E-state index < -0.39 is 6.43 Å². The van der Waals surface area contributed by atoms with Gasteiger partial charge in [0.05, 0.1) is 30.8 Å². The Morgan fingerprint density at radius 1 is 1.13 bits per heavy atom. The van der Waals surface area contributed by atoms with Gasteiger partial charge in [-0.25, -0.2) is 13.8 Å². The molecule has 3 heterocycles. The zero-order valence-corrected chi connectivity index (χ0v) is 21.5. The normalized spacial score (nSPS) is 20.4. The molecule has 1 saturated carbocycles. The number of carbonyl (C=O) groups is 1. The van der Waals surface area contributed by atoms with E-state index in [2.05, 4.69) is 20.2 Å². The molecule has 0 atom stereocenters. The number of morpholine rings is 1. The third-order valence-corrected chi connectivity index (χ3v) is 7.44. The number of alkyl halides is 2. The van der Waals surface area contributed by atoms with Crippen LogP contribution in [-0.2, 0) is 9.53 Å². The molecule has 0 bridgehead atoms. The number of anilines is 2. The number of benzene rings is 1. The predicted molar refractivity (Wildman–Crippen MR) is 141 cm³/mol. The number of nitrogens with two attached hydrogens (primary N) is 1. The lowest BCUT2D eigenvalue weighted by atomic mass is 9.85. The Morgan fingerprint density at radius 2 is 1.84 bits per heavy atom. The summed E-state index contributed by atoms with van der Waals surface area (Å²) in [6.45, 7) is 3.40. The molecule has 1 aliphatic heterocycles. The number of likely N-dealkylation sites (N-methyl/N-ethyl adjacent to an activating group) is 1. The summed E-state index contributed by atoms with van der Waals surface area (Å²) in [6.07, 6.45) is 1.20. The van der Waals surface area contributed by atoms with Gasteiger partial charge in [0.2, 0.25) is 11.9 Å². The molecule has 12 heteroatoms. The highest BCUT2D eigenvalue weighted by molar-refractivity contribution is 5.78. The lowest BCUT2D eigenvalue weighted by Gasteiger charge is -2.34. The molecule has 1 aromatic carbocycles. The monoisotopic (exact) mass is 528 g/mol. The van der Waals surface area contributed by atoms with Gasteiger partial charge >= 0.3 is 0 Å². The highest BCUT2D eigenvalue weighted by Crippen LogP contribution is 2.30. The van der Waals surface area contributed by atoms with Gasteiger partial charge in [0, 0.05) is 31.7 Å². The fourth-order valence-electron chi connectivity index (χ4n) is 5.40. The number of nitrogens with one attached hydrogen (secondary N) is 1. The van der Waals surface area contributed by atoms with E-state index in [-0.39, 0.29) is 18.3 Å². The van der Waals surface area contributed by atoms with E-state index in [1.165, 1.54) is 4.57 Å². The van der Waals surface area contributed by atoms with E-state index in [1.807, 2.05) is 11.9 Å². The molecule has 1 amide bonds. The van der Waals surface area contributed by atoms with Crippen molar-refractivity contribution in [1.82, 2.24) is 24.4 Å². The minimum Gasteiger partial charge on any atom is -0.378 e. The zero-order chi connectivity index (χ0) is 26.6. The number of amides is 1. The van der Waals surface area contributed by atoms with Gasteiger partial charge in [0.25, 0.3) is 6.43 Å². The van der Waals surface area contributed by atoms with Crippen molar-refractivity contribution >= 4 is 28.7 Å². The highest BCUT2D eigenvalue weighted by Gasteiger charge is 2.26. The van der Waals surface area contributed by atoms with Gasteiger partial charge in [-0.1, -0.05) is 12.1 Å². The van der Waals surface area contributed by atoms with Crippen molar-refractivity contribution in [2.24, 2.45) is 11.7 Å². The molecule has 0 spiro atoms. The maximum Gasteiger partial charge on any atom is 0.296 e. The number of aromatic nitrogens is 4. The molecule has 5 rings (SSSR count). The van der Waals surface area contributed by atoms with Crippen molar-refractivity contribution in [3.8, 4) is 5.82 Å². The van der Waals surface area contributed by atoms with Crippen molar-refractivity contribution in [2.45, 2.75) is 38.2 Å². The quantitative estimate of drug-likeness (QED) is 0.436. The van der Waals surface area contributed by atoms with Crippen LogP contribution in [0, 0.1) is 5.92 Å². The van der Waals surface area contributed by atoms with Crippen LogP contribution in [0.4, 0.5) is 20.5 Å². The average Bonchev–Trinajstić information content (AvgIpc) is 3.32. The van der Waals surface area contributed by atoms with E-state index in [0.717, 1.165) is 25.7 Å². The first kappa shape index (κ1) is 26.2. The molecule has 10 nitrogen and oxygen atoms in total. The highest BCUT2D eigenvalue weighted by atomic mass is 19.3. The van der Waals surface area contributed by atoms with Gasteiger partial charge in [-0.2, -0.15) is 9.97 Å². The molecule has 1 aliphatic carbocycles. The molecule has 2 aliphatic rings. The second kappa shape index (κ2) is 11.6. The molecule has 3 N–H and O–H groups in total. The van der Waals surface area contributed by atoms with Crippen LogP contribution in [0.3, 0.4) is 0 Å². The molecule has 2 fully saturated rings. The Hall–Kier alpha value is -3.38. The summed E-state index contributed by atoms with van der Waals surface area (Å²) in [5.74, 6) is 1.17.